The molecule has 3 aromatic rings. The molecule has 0 spiro atoms. The second-order valence-electron chi connectivity index (χ2n) is 9.29. The average molecular weight is 492 g/mol. The van der Waals surface area contributed by atoms with Gasteiger partial charge in [-0.2, -0.15) is 0 Å². The van der Waals surface area contributed by atoms with Crippen LogP contribution in [-0.4, -0.2) is 40.9 Å². The molecule has 3 heterocycles. The molecule has 3 aliphatic rings. The molecule has 1 aliphatic carbocycles. The van der Waals surface area contributed by atoms with Crippen molar-refractivity contribution in [1.29, 1.82) is 0 Å². The maximum atomic E-state index is 5.58. The Hall–Kier alpha value is -4.23. The van der Waals surface area contributed by atoms with E-state index in [0.29, 0.717) is 5.88 Å². The third-order valence-corrected chi connectivity index (χ3v) is 6.74. The van der Waals surface area contributed by atoms with Gasteiger partial charge in [0.05, 0.1) is 46.6 Å². The van der Waals surface area contributed by atoms with Crippen LogP contribution in [0.2, 0.25) is 0 Å². The number of anilines is 2. The van der Waals surface area contributed by atoms with Crippen molar-refractivity contribution in [3.05, 3.63) is 89.9 Å². The molecule has 0 saturated carbocycles. The summed E-state index contributed by atoms with van der Waals surface area (Å²) in [5.41, 5.74) is 7.79. The minimum Gasteiger partial charge on any atom is -0.480 e. The van der Waals surface area contributed by atoms with Gasteiger partial charge in [0.1, 0.15) is 5.69 Å². The summed E-state index contributed by atoms with van der Waals surface area (Å²) in [4.78, 5) is 14.6. The Morgan fingerprint density at radius 1 is 0.973 bits per heavy atom. The van der Waals surface area contributed by atoms with E-state index in [4.69, 9.17) is 19.5 Å². The van der Waals surface area contributed by atoms with E-state index in [2.05, 4.69) is 76.4 Å². The van der Waals surface area contributed by atoms with E-state index < -0.39 is 0 Å². The molecular weight excluding hydrogens is 462 g/mol. The third-order valence-electron chi connectivity index (χ3n) is 6.74. The molecule has 1 saturated heterocycles. The first-order valence-electron chi connectivity index (χ1n) is 12.6. The fourth-order valence-corrected chi connectivity index (χ4v) is 4.83. The molecule has 7 heteroatoms. The number of methoxy groups -OCH3 is 1. The SMILES string of the molecule is COc1ncccc1Nc1cc2nc3ccccc3n(-c3ccc(C)cc3)c-2c/c1=N\C1CCOCC1. The molecule has 37 heavy (non-hydrogen) atoms. The van der Waals surface area contributed by atoms with Crippen molar-refractivity contribution in [3.8, 4) is 23.0 Å². The molecule has 1 N–H and O–H groups in total. The topological polar surface area (TPSA) is 73.6 Å². The van der Waals surface area contributed by atoms with Crippen molar-refractivity contribution >= 4 is 22.4 Å². The number of nitrogens with one attached hydrogen (secondary N) is 1. The molecule has 0 atom stereocenters. The first kappa shape index (κ1) is 23.2. The van der Waals surface area contributed by atoms with Crippen LogP contribution in [0.1, 0.15) is 18.4 Å². The fourth-order valence-electron chi connectivity index (χ4n) is 4.83. The van der Waals surface area contributed by atoms with Gasteiger partial charge in [0.15, 0.2) is 0 Å². The predicted octanol–water partition coefficient (Wildman–Crippen LogP) is 5.67. The zero-order valence-electron chi connectivity index (χ0n) is 21.0. The number of rotatable bonds is 5. The highest BCUT2D eigenvalue weighted by molar-refractivity contribution is 5.84. The van der Waals surface area contributed by atoms with Crippen LogP contribution >= 0.6 is 0 Å². The summed E-state index contributed by atoms with van der Waals surface area (Å²) in [6, 6.07) is 25.1. The Bertz CT molecular complexity index is 1590. The van der Waals surface area contributed by atoms with E-state index in [1.165, 1.54) is 5.56 Å². The van der Waals surface area contributed by atoms with Crippen molar-refractivity contribution < 1.29 is 9.47 Å². The third kappa shape index (κ3) is 4.66. The lowest BCUT2D eigenvalue weighted by atomic mass is 10.1. The molecule has 1 fully saturated rings. The van der Waals surface area contributed by atoms with Crippen molar-refractivity contribution in [1.82, 2.24) is 14.5 Å². The second-order valence-corrected chi connectivity index (χ2v) is 9.29. The Morgan fingerprint density at radius 3 is 2.59 bits per heavy atom. The number of hydrogen-bond donors (Lipinski definition) is 1. The zero-order valence-corrected chi connectivity index (χ0v) is 21.0. The normalized spacial score (nSPS) is 14.8. The van der Waals surface area contributed by atoms with E-state index in [9.17, 15) is 0 Å². The zero-order chi connectivity index (χ0) is 25.2. The highest BCUT2D eigenvalue weighted by Gasteiger charge is 2.19. The van der Waals surface area contributed by atoms with Crippen LogP contribution in [0.25, 0.3) is 28.1 Å². The maximum Gasteiger partial charge on any atom is 0.237 e. The summed E-state index contributed by atoms with van der Waals surface area (Å²) in [6.45, 7) is 3.57. The number of benzene rings is 3. The molecule has 0 bridgehead atoms. The number of nitrogens with zero attached hydrogens (tertiary/aromatic N) is 4. The van der Waals surface area contributed by atoms with Crippen LogP contribution in [0.4, 0.5) is 11.4 Å². The number of aryl methyl sites for hydroxylation is 1. The van der Waals surface area contributed by atoms with Gasteiger partial charge >= 0.3 is 0 Å². The summed E-state index contributed by atoms with van der Waals surface area (Å²) in [7, 11) is 1.62. The van der Waals surface area contributed by atoms with Gasteiger partial charge in [-0.25, -0.2) is 9.97 Å². The van der Waals surface area contributed by atoms with Gasteiger partial charge in [0.25, 0.3) is 0 Å². The van der Waals surface area contributed by atoms with Gasteiger partial charge in [0.2, 0.25) is 5.88 Å². The molecule has 186 valence electrons. The monoisotopic (exact) mass is 491 g/mol. The number of ether oxygens (including phenoxy) is 2. The van der Waals surface area contributed by atoms with E-state index in [1.807, 2.05) is 18.2 Å². The summed E-state index contributed by atoms with van der Waals surface area (Å²) >= 11 is 0. The summed E-state index contributed by atoms with van der Waals surface area (Å²) < 4.78 is 13.4. The van der Waals surface area contributed by atoms with Crippen LogP contribution < -0.4 is 15.4 Å². The van der Waals surface area contributed by atoms with Crippen LogP contribution in [0.15, 0.2) is 84.0 Å². The number of para-hydroxylation sites is 2. The van der Waals surface area contributed by atoms with Gasteiger partial charge in [-0.3, -0.25) is 4.99 Å². The van der Waals surface area contributed by atoms with E-state index in [1.54, 1.807) is 13.3 Å². The Morgan fingerprint density at radius 2 is 1.78 bits per heavy atom. The van der Waals surface area contributed by atoms with E-state index in [0.717, 1.165) is 70.9 Å². The van der Waals surface area contributed by atoms with Gasteiger partial charge in [-0.05, 0) is 68.3 Å². The first-order valence-corrected chi connectivity index (χ1v) is 12.6. The lowest BCUT2D eigenvalue weighted by Crippen LogP contribution is -2.23. The number of aromatic nitrogens is 3. The predicted molar refractivity (Wildman–Crippen MR) is 146 cm³/mol. The fraction of sp³-hybridized carbons (Fsp3) is 0.233. The van der Waals surface area contributed by atoms with Gasteiger partial charge in [-0.15, -0.1) is 0 Å². The summed E-state index contributed by atoms with van der Waals surface area (Å²) in [5.74, 6) is 0.529. The number of fused-ring (bicyclic) bond motifs is 2. The summed E-state index contributed by atoms with van der Waals surface area (Å²) in [5, 5.41) is 4.40. The molecule has 7 nitrogen and oxygen atoms in total. The highest BCUT2D eigenvalue weighted by Crippen LogP contribution is 2.31. The van der Waals surface area contributed by atoms with Gasteiger partial charge in [-0.1, -0.05) is 29.8 Å². The lowest BCUT2D eigenvalue weighted by Gasteiger charge is -2.22. The molecule has 0 unspecified atom stereocenters. The Labute approximate surface area is 215 Å². The maximum absolute atomic E-state index is 5.58. The largest absolute Gasteiger partial charge is 0.480 e. The highest BCUT2D eigenvalue weighted by atomic mass is 16.5. The minimum absolute atomic E-state index is 0.198. The molecule has 0 radical (unpaired) electrons. The molecular formula is C30H29N5O2. The lowest BCUT2D eigenvalue weighted by molar-refractivity contribution is 0.0864. The van der Waals surface area contributed by atoms with Gasteiger partial charge in [0, 0.05) is 25.1 Å². The molecule has 0 amide bonds. The number of hydrogen-bond acceptors (Lipinski definition) is 6. The van der Waals surface area contributed by atoms with E-state index >= 15 is 0 Å². The Balaban J connectivity index is 1.62. The van der Waals surface area contributed by atoms with Gasteiger partial charge < -0.3 is 19.4 Å². The summed E-state index contributed by atoms with van der Waals surface area (Å²) in [6.07, 6.45) is 3.53. The first-order chi connectivity index (χ1) is 18.2. The molecule has 6 rings (SSSR count). The minimum atomic E-state index is 0.198. The Kier molecular flexibility index (Phi) is 6.28. The molecule has 2 aliphatic heterocycles. The van der Waals surface area contributed by atoms with E-state index in [-0.39, 0.29) is 6.04 Å². The quantitative estimate of drug-likeness (QED) is 0.321. The smallest absolute Gasteiger partial charge is 0.237 e. The van der Waals surface area contributed by atoms with Crippen LogP contribution in [0.5, 0.6) is 5.88 Å². The number of pyridine rings is 1. The molecule has 2 aromatic carbocycles. The van der Waals surface area contributed by atoms with Crippen molar-refractivity contribution in [2.75, 3.05) is 25.6 Å². The van der Waals surface area contributed by atoms with Crippen LogP contribution in [0.3, 0.4) is 0 Å². The molecule has 1 aromatic heterocycles. The van der Waals surface area contributed by atoms with Crippen LogP contribution in [-0.2, 0) is 4.74 Å². The van der Waals surface area contributed by atoms with Crippen molar-refractivity contribution in [2.24, 2.45) is 4.99 Å². The van der Waals surface area contributed by atoms with Crippen molar-refractivity contribution in [2.45, 2.75) is 25.8 Å². The second kappa shape index (κ2) is 10.0. The van der Waals surface area contributed by atoms with Crippen molar-refractivity contribution in [3.63, 3.8) is 0 Å². The standard InChI is InChI=1S/C30H29N5O2/c1-20-9-11-22(12-10-20)35-28-8-4-3-6-23(28)33-27-18-25(34-24-7-5-15-31-30(24)36-2)26(19-29(27)35)32-21-13-16-37-17-14-21/h3-12,15,18-19,21,34H,13-14,16-17H2,1-2H3/b32-26+. The van der Waals surface area contributed by atoms with Crippen LogP contribution in [0, 0.1) is 6.92 Å². The average Bonchev–Trinajstić information content (AvgIpc) is 2.94.